The maximum absolute atomic E-state index is 11.3. The van der Waals surface area contributed by atoms with Crippen molar-refractivity contribution in [3.63, 3.8) is 0 Å². The van der Waals surface area contributed by atoms with Crippen LogP contribution in [0.1, 0.15) is 25.7 Å². The zero-order chi connectivity index (χ0) is 16.5. The quantitative estimate of drug-likeness (QED) is 0.212. The first-order valence-electron chi connectivity index (χ1n) is 7.17. The Labute approximate surface area is 131 Å². The lowest BCUT2D eigenvalue weighted by atomic mass is 10.3. The van der Waals surface area contributed by atoms with Gasteiger partial charge in [0.2, 0.25) is 0 Å². The lowest BCUT2D eigenvalue weighted by Crippen LogP contribution is -2.06. The van der Waals surface area contributed by atoms with E-state index < -0.39 is 11.9 Å². The smallest absolute Gasteiger partial charge is 0.331 e. The topological polar surface area (TPSA) is 71.1 Å². The van der Waals surface area contributed by atoms with Crippen LogP contribution in [0, 0.1) is 0 Å². The molecule has 0 atom stereocenters. The zero-order valence-corrected chi connectivity index (χ0v) is 12.8. The molecule has 0 N–H and O–H groups in total. The van der Waals surface area contributed by atoms with Crippen LogP contribution in [0.15, 0.2) is 37.8 Å². The summed E-state index contributed by atoms with van der Waals surface area (Å²) in [5.41, 5.74) is 0. The van der Waals surface area contributed by atoms with Crippen LogP contribution in [0.2, 0.25) is 0 Å². The van der Waals surface area contributed by atoms with E-state index in [1.165, 1.54) is 12.5 Å². The van der Waals surface area contributed by atoms with Crippen LogP contribution >= 0.6 is 0 Å². The summed E-state index contributed by atoms with van der Waals surface area (Å²) < 4.78 is 19.7. The van der Waals surface area contributed by atoms with Gasteiger partial charge in [-0.15, -0.1) is 0 Å². The van der Waals surface area contributed by atoms with E-state index in [2.05, 4.69) is 13.2 Å². The van der Waals surface area contributed by atoms with E-state index >= 15 is 0 Å². The fraction of sp³-hybridized carbons (Fsp3) is 0.500. The molecule has 0 radical (unpaired) electrons. The van der Waals surface area contributed by atoms with Crippen molar-refractivity contribution >= 4 is 11.9 Å². The van der Waals surface area contributed by atoms with E-state index in [1.54, 1.807) is 0 Å². The third-order valence-electron chi connectivity index (χ3n) is 2.39. The number of esters is 2. The molecule has 0 fully saturated rings. The third-order valence-corrected chi connectivity index (χ3v) is 2.39. The maximum Gasteiger partial charge on any atom is 0.331 e. The highest BCUT2D eigenvalue weighted by atomic mass is 16.5. The Bertz CT molecular complexity index is 328. The Balaban J connectivity index is 3.54. The van der Waals surface area contributed by atoms with Crippen molar-refractivity contribution in [3.8, 4) is 0 Å². The molecule has 0 saturated heterocycles. The monoisotopic (exact) mass is 312 g/mol. The summed E-state index contributed by atoms with van der Waals surface area (Å²) >= 11 is 0. The Morgan fingerprint density at radius 3 is 1.41 bits per heavy atom. The Morgan fingerprint density at radius 2 is 1.05 bits per heavy atom. The second-order valence-electron chi connectivity index (χ2n) is 4.16. The van der Waals surface area contributed by atoms with Gasteiger partial charge in [-0.1, -0.05) is 13.2 Å². The fourth-order valence-electron chi connectivity index (χ4n) is 1.32. The van der Waals surface area contributed by atoms with Crippen LogP contribution in [0.3, 0.4) is 0 Å². The second kappa shape index (κ2) is 15.2. The minimum atomic E-state index is -0.569. The van der Waals surface area contributed by atoms with Crippen LogP contribution in [-0.2, 0) is 28.5 Å². The first-order valence-corrected chi connectivity index (χ1v) is 7.17. The average molecular weight is 312 g/mol. The van der Waals surface area contributed by atoms with Gasteiger partial charge in [-0.3, -0.25) is 0 Å². The molecule has 0 aliphatic rings. The highest BCUT2D eigenvalue weighted by Gasteiger charge is 2.01. The molecule has 0 amide bonds. The Hall–Kier alpha value is -2.24. The first kappa shape index (κ1) is 19.8. The summed E-state index contributed by atoms with van der Waals surface area (Å²) in [5.74, 6) is -1.14. The SMILES string of the molecule is C=COCCCCOC(=O)/C=C/C(=O)OCCCCOC=C. The van der Waals surface area contributed by atoms with E-state index in [0.29, 0.717) is 26.1 Å². The summed E-state index contributed by atoms with van der Waals surface area (Å²) in [6.07, 6.45) is 7.75. The number of carbonyl (C=O) groups is 2. The molecule has 0 aliphatic heterocycles. The van der Waals surface area contributed by atoms with Crippen molar-refractivity contribution in [2.24, 2.45) is 0 Å². The van der Waals surface area contributed by atoms with Gasteiger partial charge in [0, 0.05) is 12.2 Å². The van der Waals surface area contributed by atoms with Gasteiger partial charge in [0.1, 0.15) is 0 Å². The molecule has 6 heteroatoms. The predicted octanol–water partition coefficient (Wildman–Crippen LogP) is 2.51. The highest BCUT2D eigenvalue weighted by Crippen LogP contribution is 1.95. The maximum atomic E-state index is 11.3. The molecular weight excluding hydrogens is 288 g/mol. The van der Waals surface area contributed by atoms with Gasteiger partial charge in [-0.25, -0.2) is 9.59 Å². The van der Waals surface area contributed by atoms with Gasteiger partial charge in [-0.05, 0) is 25.7 Å². The molecule has 124 valence electrons. The van der Waals surface area contributed by atoms with Crippen LogP contribution in [-0.4, -0.2) is 38.4 Å². The summed E-state index contributed by atoms with van der Waals surface area (Å²) in [6, 6.07) is 0. The first-order chi connectivity index (χ1) is 10.7. The molecule has 0 aromatic carbocycles. The van der Waals surface area contributed by atoms with E-state index in [9.17, 15) is 9.59 Å². The minimum Gasteiger partial charge on any atom is -0.502 e. The van der Waals surface area contributed by atoms with Gasteiger partial charge in [0.15, 0.2) is 0 Å². The van der Waals surface area contributed by atoms with Crippen LogP contribution < -0.4 is 0 Å². The zero-order valence-electron chi connectivity index (χ0n) is 12.8. The summed E-state index contributed by atoms with van der Waals surface area (Å²) in [5, 5.41) is 0. The van der Waals surface area contributed by atoms with E-state index in [-0.39, 0.29) is 13.2 Å². The Morgan fingerprint density at radius 1 is 0.682 bits per heavy atom. The number of hydrogen-bond acceptors (Lipinski definition) is 6. The number of hydrogen-bond donors (Lipinski definition) is 0. The van der Waals surface area contributed by atoms with Gasteiger partial charge >= 0.3 is 11.9 Å². The van der Waals surface area contributed by atoms with Gasteiger partial charge in [0.25, 0.3) is 0 Å². The lowest BCUT2D eigenvalue weighted by molar-refractivity contribution is -0.140. The van der Waals surface area contributed by atoms with Crippen molar-refractivity contribution in [1.29, 1.82) is 0 Å². The molecule has 6 nitrogen and oxygen atoms in total. The molecular formula is C16H24O6. The largest absolute Gasteiger partial charge is 0.502 e. The Kier molecular flexibility index (Phi) is 13.6. The highest BCUT2D eigenvalue weighted by molar-refractivity contribution is 5.91. The van der Waals surface area contributed by atoms with E-state index in [0.717, 1.165) is 25.0 Å². The van der Waals surface area contributed by atoms with Crippen molar-refractivity contribution < 1.29 is 28.5 Å². The number of unbranched alkanes of at least 4 members (excludes halogenated alkanes) is 2. The summed E-state index contributed by atoms with van der Waals surface area (Å²) in [4.78, 5) is 22.6. The van der Waals surface area contributed by atoms with Crippen LogP contribution in [0.4, 0.5) is 0 Å². The summed E-state index contributed by atoms with van der Waals surface area (Å²) in [7, 11) is 0. The van der Waals surface area contributed by atoms with Crippen LogP contribution in [0.25, 0.3) is 0 Å². The predicted molar refractivity (Wildman–Crippen MR) is 81.8 cm³/mol. The molecule has 0 spiro atoms. The van der Waals surface area contributed by atoms with Gasteiger partial charge < -0.3 is 18.9 Å². The molecule has 22 heavy (non-hydrogen) atoms. The fourth-order valence-corrected chi connectivity index (χ4v) is 1.32. The van der Waals surface area contributed by atoms with Crippen LogP contribution in [0.5, 0.6) is 0 Å². The van der Waals surface area contributed by atoms with Crippen molar-refractivity contribution in [1.82, 2.24) is 0 Å². The molecule has 0 aromatic rings. The molecule has 0 saturated carbocycles. The number of rotatable bonds is 14. The van der Waals surface area contributed by atoms with E-state index in [1.807, 2.05) is 0 Å². The minimum absolute atomic E-state index is 0.280. The lowest BCUT2D eigenvalue weighted by Gasteiger charge is -2.03. The standard InChI is InChI=1S/C16H24O6/c1-3-19-11-5-7-13-21-15(17)9-10-16(18)22-14-8-6-12-20-4-2/h3-4,9-10H,1-2,5-8,11-14H2/b10-9+. The van der Waals surface area contributed by atoms with Crippen molar-refractivity contribution in [2.75, 3.05) is 26.4 Å². The van der Waals surface area contributed by atoms with Gasteiger partial charge in [0.05, 0.1) is 39.0 Å². The third kappa shape index (κ3) is 14.2. The normalized spacial score (nSPS) is 10.0. The molecule has 0 heterocycles. The van der Waals surface area contributed by atoms with Crippen molar-refractivity contribution in [3.05, 3.63) is 37.8 Å². The average Bonchev–Trinajstić information content (AvgIpc) is 2.52. The summed E-state index contributed by atoms with van der Waals surface area (Å²) in [6.45, 7) is 8.48. The molecule has 0 aromatic heterocycles. The second-order valence-corrected chi connectivity index (χ2v) is 4.16. The molecule has 0 aliphatic carbocycles. The molecule has 0 unspecified atom stereocenters. The van der Waals surface area contributed by atoms with E-state index in [4.69, 9.17) is 18.9 Å². The van der Waals surface area contributed by atoms with Crippen molar-refractivity contribution in [2.45, 2.75) is 25.7 Å². The van der Waals surface area contributed by atoms with Gasteiger partial charge in [-0.2, -0.15) is 0 Å². The molecule has 0 bridgehead atoms. The number of carbonyl (C=O) groups excluding carboxylic acids is 2. The number of ether oxygens (including phenoxy) is 4. The molecule has 0 rings (SSSR count).